The van der Waals surface area contributed by atoms with Gasteiger partial charge in [-0.25, -0.2) is 0 Å². The number of hydrogen-bond donors (Lipinski definition) is 1. The zero-order valence-electron chi connectivity index (χ0n) is 7.21. The molecule has 0 aromatic carbocycles. The van der Waals surface area contributed by atoms with E-state index in [1.165, 1.54) is 0 Å². The number of hydrogen-bond acceptors (Lipinski definition) is 2. The molecule has 0 aliphatic carbocycles. The van der Waals surface area contributed by atoms with Crippen molar-refractivity contribution in [2.24, 2.45) is 5.73 Å². The molecule has 1 amide bonds. The Kier molecular flexibility index (Phi) is 2.49. The number of carbonyl (C=O) groups is 1. The molecule has 1 saturated heterocycles. The molecule has 0 bridgehead atoms. The average molecular weight is 156 g/mol. The van der Waals surface area contributed by atoms with Crippen molar-refractivity contribution in [2.45, 2.75) is 38.8 Å². The number of likely N-dealkylation sites (tertiary alicyclic amines) is 1. The van der Waals surface area contributed by atoms with E-state index in [4.69, 9.17) is 5.73 Å². The van der Waals surface area contributed by atoms with Crippen molar-refractivity contribution in [3.8, 4) is 0 Å². The van der Waals surface area contributed by atoms with Crippen LogP contribution in [0.5, 0.6) is 0 Å². The van der Waals surface area contributed by atoms with E-state index in [0.717, 1.165) is 19.4 Å². The van der Waals surface area contributed by atoms with E-state index in [-0.39, 0.29) is 11.9 Å². The van der Waals surface area contributed by atoms with Crippen LogP contribution in [0, 0.1) is 0 Å². The Morgan fingerprint density at radius 1 is 1.73 bits per heavy atom. The molecule has 1 rings (SSSR count). The molecule has 0 aromatic rings. The minimum absolute atomic E-state index is 0.0926. The second kappa shape index (κ2) is 3.22. The maximum absolute atomic E-state index is 11.4. The van der Waals surface area contributed by atoms with Crippen molar-refractivity contribution in [3.63, 3.8) is 0 Å². The van der Waals surface area contributed by atoms with Gasteiger partial charge in [0, 0.05) is 12.6 Å². The second-order valence-electron chi connectivity index (χ2n) is 3.31. The monoisotopic (exact) mass is 156 g/mol. The second-order valence-corrected chi connectivity index (χ2v) is 3.31. The van der Waals surface area contributed by atoms with Gasteiger partial charge in [0.2, 0.25) is 5.91 Å². The first kappa shape index (κ1) is 8.53. The number of nitrogens with two attached hydrogens (primary N) is 1. The normalized spacial score (nSPS) is 27.2. The highest BCUT2D eigenvalue weighted by Crippen LogP contribution is 2.16. The third-order valence-electron chi connectivity index (χ3n) is 2.23. The van der Waals surface area contributed by atoms with E-state index in [1.807, 2.05) is 4.90 Å². The lowest BCUT2D eigenvalue weighted by atomic mass is 10.2. The van der Waals surface area contributed by atoms with Crippen LogP contribution in [0.4, 0.5) is 0 Å². The maximum atomic E-state index is 11.4. The first-order valence-corrected chi connectivity index (χ1v) is 4.19. The molecular weight excluding hydrogens is 140 g/mol. The highest BCUT2D eigenvalue weighted by molar-refractivity contribution is 5.81. The number of rotatable bonds is 1. The summed E-state index contributed by atoms with van der Waals surface area (Å²) in [5.74, 6) is 0.0926. The summed E-state index contributed by atoms with van der Waals surface area (Å²) in [7, 11) is 0. The Morgan fingerprint density at radius 3 is 2.73 bits per heavy atom. The highest BCUT2D eigenvalue weighted by atomic mass is 16.2. The Balaban J connectivity index is 2.53. The van der Waals surface area contributed by atoms with Crippen molar-refractivity contribution in [1.29, 1.82) is 0 Å². The van der Waals surface area contributed by atoms with E-state index in [9.17, 15) is 4.79 Å². The van der Waals surface area contributed by atoms with Gasteiger partial charge in [-0.15, -0.1) is 0 Å². The fraction of sp³-hybridized carbons (Fsp3) is 0.875. The molecule has 1 aliphatic heterocycles. The van der Waals surface area contributed by atoms with Gasteiger partial charge < -0.3 is 10.6 Å². The smallest absolute Gasteiger partial charge is 0.239 e. The molecule has 3 heteroatoms. The van der Waals surface area contributed by atoms with Crippen molar-refractivity contribution in [2.75, 3.05) is 6.54 Å². The molecule has 0 spiro atoms. The van der Waals surface area contributed by atoms with Gasteiger partial charge in [-0.3, -0.25) is 4.79 Å². The van der Waals surface area contributed by atoms with Crippen LogP contribution in [0.15, 0.2) is 0 Å². The van der Waals surface area contributed by atoms with Crippen molar-refractivity contribution >= 4 is 5.91 Å². The van der Waals surface area contributed by atoms with E-state index in [0.29, 0.717) is 6.04 Å². The fourth-order valence-corrected chi connectivity index (χ4v) is 1.52. The Labute approximate surface area is 67.5 Å². The van der Waals surface area contributed by atoms with Gasteiger partial charge in [-0.05, 0) is 26.7 Å². The molecule has 11 heavy (non-hydrogen) atoms. The fourth-order valence-electron chi connectivity index (χ4n) is 1.52. The predicted molar refractivity (Wildman–Crippen MR) is 44.1 cm³/mol. The van der Waals surface area contributed by atoms with E-state index < -0.39 is 0 Å². The standard InChI is InChI=1S/C8H16N2O/c1-6-4-3-5-10(6)8(11)7(2)9/h6-7H,3-5,9H2,1-2H3/t6?,7-/m0/s1. The van der Waals surface area contributed by atoms with Crippen LogP contribution in [-0.2, 0) is 4.79 Å². The summed E-state index contributed by atoms with van der Waals surface area (Å²) in [6.45, 7) is 4.71. The van der Waals surface area contributed by atoms with Gasteiger partial charge in [-0.2, -0.15) is 0 Å². The Hall–Kier alpha value is -0.570. The molecule has 2 N–H and O–H groups in total. The largest absolute Gasteiger partial charge is 0.339 e. The SMILES string of the molecule is CC1CCCN1C(=O)[C@H](C)N. The van der Waals surface area contributed by atoms with Gasteiger partial charge in [0.05, 0.1) is 6.04 Å². The van der Waals surface area contributed by atoms with Crippen molar-refractivity contribution in [3.05, 3.63) is 0 Å². The van der Waals surface area contributed by atoms with E-state index in [1.54, 1.807) is 6.92 Å². The summed E-state index contributed by atoms with van der Waals surface area (Å²) >= 11 is 0. The molecule has 0 aromatic heterocycles. The minimum atomic E-state index is -0.337. The summed E-state index contributed by atoms with van der Waals surface area (Å²) in [6.07, 6.45) is 2.25. The zero-order valence-corrected chi connectivity index (χ0v) is 7.21. The first-order chi connectivity index (χ1) is 5.13. The number of nitrogens with zero attached hydrogens (tertiary/aromatic N) is 1. The average Bonchev–Trinajstić information content (AvgIpc) is 2.33. The molecule has 1 fully saturated rings. The van der Waals surface area contributed by atoms with Gasteiger partial charge in [0.1, 0.15) is 0 Å². The summed E-state index contributed by atoms with van der Waals surface area (Å²) in [5, 5.41) is 0. The zero-order chi connectivity index (χ0) is 8.43. The lowest BCUT2D eigenvalue weighted by Crippen LogP contribution is -2.43. The van der Waals surface area contributed by atoms with Gasteiger partial charge in [0.25, 0.3) is 0 Å². The van der Waals surface area contributed by atoms with E-state index >= 15 is 0 Å². The molecule has 0 radical (unpaired) electrons. The lowest BCUT2D eigenvalue weighted by molar-refractivity contribution is -0.132. The minimum Gasteiger partial charge on any atom is -0.339 e. The molecule has 1 heterocycles. The summed E-state index contributed by atoms with van der Waals surface area (Å²) in [4.78, 5) is 13.2. The lowest BCUT2D eigenvalue weighted by Gasteiger charge is -2.23. The summed E-state index contributed by atoms with van der Waals surface area (Å²) in [5.41, 5.74) is 5.49. The predicted octanol–water partition coefficient (Wildman–Crippen LogP) is 0.345. The molecule has 1 aliphatic rings. The third kappa shape index (κ3) is 1.71. The number of amides is 1. The van der Waals surface area contributed by atoms with Gasteiger partial charge in [-0.1, -0.05) is 0 Å². The highest BCUT2D eigenvalue weighted by Gasteiger charge is 2.26. The van der Waals surface area contributed by atoms with Crippen molar-refractivity contribution < 1.29 is 4.79 Å². The maximum Gasteiger partial charge on any atom is 0.239 e. The van der Waals surface area contributed by atoms with E-state index in [2.05, 4.69) is 6.92 Å². The first-order valence-electron chi connectivity index (χ1n) is 4.19. The molecule has 64 valence electrons. The third-order valence-corrected chi connectivity index (χ3v) is 2.23. The molecule has 0 saturated carbocycles. The van der Waals surface area contributed by atoms with Crippen LogP contribution >= 0.6 is 0 Å². The topological polar surface area (TPSA) is 46.3 Å². The molecular formula is C8H16N2O. The van der Waals surface area contributed by atoms with Crippen LogP contribution in [0.2, 0.25) is 0 Å². The van der Waals surface area contributed by atoms with Gasteiger partial charge >= 0.3 is 0 Å². The molecule has 2 atom stereocenters. The van der Waals surface area contributed by atoms with Crippen LogP contribution < -0.4 is 5.73 Å². The quantitative estimate of drug-likeness (QED) is 0.595. The summed E-state index contributed by atoms with van der Waals surface area (Å²) < 4.78 is 0. The van der Waals surface area contributed by atoms with Crippen LogP contribution in [0.25, 0.3) is 0 Å². The van der Waals surface area contributed by atoms with Crippen LogP contribution in [0.3, 0.4) is 0 Å². The number of carbonyl (C=O) groups excluding carboxylic acids is 1. The summed E-state index contributed by atoms with van der Waals surface area (Å²) in [6, 6.07) is 0.0593. The molecule has 1 unspecified atom stereocenters. The van der Waals surface area contributed by atoms with Crippen LogP contribution in [-0.4, -0.2) is 29.4 Å². The van der Waals surface area contributed by atoms with Crippen LogP contribution in [0.1, 0.15) is 26.7 Å². The molecule has 3 nitrogen and oxygen atoms in total. The van der Waals surface area contributed by atoms with Crippen molar-refractivity contribution in [1.82, 2.24) is 4.90 Å². The van der Waals surface area contributed by atoms with Gasteiger partial charge in [0.15, 0.2) is 0 Å². The Morgan fingerprint density at radius 2 is 2.36 bits per heavy atom. The Bertz CT molecular complexity index is 156.